The molecule has 1 saturated carbocycles. The zero-order valence-corrected chi connectivity index (χ0v) is 11.4. The SMILES string of the molecule is CCCC(C)CC(=O)NC1CCC(C(=O)O)CC1. The molecule has 2 N–H and O–H groups in total. The smallest absolute Gasteiger partial charge is 0.306 e. The molecule has 18 heavy (non-hydrogen) atoms. The van der Waals surface area contributed by atoms with Crippen molar-refractivity contribution in [2.24, 2.45) is 11.8 Å². The van der Waals surface area contributed by atoms with Gasteiger partial charge in [0.2, 0.25) is 5.91 Å². The molecule has 1 aliphatic carbocycles. The zero-order valence-electron chi connectivity index (χ0n) is 11.4. The maximum absolute atomic E-state index is 11.8. The van der Waals surface area contributed by atoms with E-state index in [2.05, 4.69) is 19.2 Å². The standard InChI is InChI=1S/C14H25NO3/c1-3-4-10(2)9-13(16)15-12-7-5-11(6-8-12)14(17)18/h10-12H,3-9H2,1-2H3,(H,15,16)(H,17,18). The number of carboxylic acids is 1. The van der Waals surface area contributed by atoms with E-state index in [0.717, 1.165) is 25.7 Å². The third kappa shape index (κ3) is 5.07. The second-order valence-electron chi connectivity index (χ2n) is 5.55. The van der Waals surface area contributed by atoms with Crippen molar-refractivity contribution >= 4 is 11.9 Å². The number of aliphatic carboxylic acids is 1. The van der Waals surface area contributed by atoms with E-state index in [-0.39, 0.29) is 17.9 Å². The molecule has 1 unspecified atom stereocenters. The first-order valence-electron chi connectivity index (χ1n) is 7.05. The van der Waals surface area contributed by atoms with Gasteiger partial charge in [-0.3, -0.25) is 9.59 Å². The van der Waals surface area contributed by atoms with E-state index in [0.29, 0.717) is 25.2 Å². The molecule has 1 aliphatic rings. The molecule has 4 nitrogen and oxygen atoms in total. The lowest BCUT2D eigenvalue weighted by molar-refractivity contribution is -0.142. The Kier molecular flexibility index (Phi) is 6.16. The summed E-state index contributed by atoms with van der Waals surface area (Å²) in [5, 5.41) is 11.9. The highest BCUT2D eigenvalue weighted by Gasteiger charge is 2.26. The van der Waals surface area contributed by atoms with Crippen LogP contribution in [0.4, 0.5) is 0 Å². The molecule has 0 spiro atoms. The normalized spacial score (nSPS) is 25.4. The van der Waals surface area contributed by atoms with Crippen molar-refractivity contribution < 1.29 is 14.7 Å². The molecule has 0 aromatic rings. The lowest BCUT2D eigenvalue weighted by atomic mass is 9.86. The molecule has 104 valence electrons. The Labute approximate surface area is 109 Å². The molecule has 0 aliphatic heterocycles. The lowest BCUT2D eigenvalue weighted by Crippen LogP contribution is -2.39. The summed E-state index contributed by atoms with van der Waals surface area (Å²) in [7, 11) is 0. The second kappa shape index (κ2) is 7.39. The number of hydrogen-bond acceptors (Lipinski definition) is 2. The van der Waals surface area contributed by atoms with Gasteiger partial charge >= 0.3 is 5.97 Å². The van der Waals surface area contributed by atoms with Crippen molar-refractivity contribution in [2.45, 2.75) is 64.8 Å². The topological polar surface area (TPSA) is 66.4 Å². The molecule has 0 aromatic carbocycles. The van der Waals surface area contributed by atoms with Gasteiger partial charge in [0.15, 0.2) is 0 Å². The highest BCUT2D eigenvalue weighted by Crippen LogP contribution is 2.24. The number of rotatable bonds is 6. The Morgan fingerprint density at radius 1 is 1.28 bits per heavy atom. The van der Waals surface area contributed by atoms with Crippen LogP contribution in [0.3, 0.4) is 0 Å². The minimum Gasteiger partial charge on any atom is -0.481 e. The largest absolute Gasteiger partial charge is 0.481 e. The molecular weight excluding hydrogens is 230 g/mol. The van der Waals surface area contributed by atoms with Crippen LogP contribution < -0.4 is 5.32 Å². The number of amides is 1. The second-order valence-corrected chi connectivity index (χ2v) is 5.55. The van der Waals surface area contributed by atoms with Crippen LogP contribution in [0.2, 0.25) is 0 Å². The van der Waals surface area contributed by atoms with Gasteiger partial charge in [-0.2, -0.15) is 0 Å². The van der Waals surface area contributed by atoms with Crippen LogP contribution in [0, 0.1) is 11.8 Å². The lowest BCUT2D eigenvalue weighted by Gasteiger charge is -2.27. The monoisotopic (exact) mass is 255 g/mol. The minimum atomic E-state index is -0.698. The van der Waals surface area contributed by atoms with E-state index in [1.54, 1.807) is 0 Å². The van der Waals surface area contributed by atoms with Gasteiger partial charge in [0, 0.05) is 12.5 Å². The minimum absolute atomic E-state index is 0.120. The molecule has 0 radical (unpaired) electrons. The molecular formula is C14H25NO3. The molecule has 4 heteroatoms. The van der Waals surface area contributed by atoms with Gasteiger partial charge < -0.3 is 10.4 Å². The average molecular weight is 255 g/mol. The summed E-state index contributed by atoms with van der Waals surface area (Å²) in [5.41, 5.74) is 0. The van der Waals surface area contributed by atoms with E-state index in [1.807, 2.05) is 0 Å². The van der Waals surface area contributed by atoms with Gasteiger partial charge in [0.1, 0.15) is 0 Å². The van der Waals surface area contributed by atoms with E-state index < -0.39 is 5.97 Å². The predicted octanol–water partition coefficient (Wildman–Crippen LogP) is 2.57. The van der Waals surface area contributed by atoms with Crippen molar-refractivity contribution in [2.75, 3.05) is 0 Å². The van der Waals surface area contributed by atoms with Crippen molar-refractivity contribution in [3.63, 3.8) is 0 Å². The fourth-order valence-corrected chi connectivity index (χ4v) is 2.68. The summed E-state index contributed by atoms with van der Waals surface area (Å²) in [6.45, 7) is 4.23. The number of carbonyl (C=O) groups excluding carboxylic acids is 1. The Hall–Kier alpha value is -1.06. The quantitative estimate of drug-likeness (QED) is 0.766. The third-order valence-electron chi connectivity index (χ3n) is 3.76. The highest BCUT2D eigenvalue weighted by atomic mass is 16.4. The van der Waals surface area contributed by atoms with E-state index in [4.69, 9.17) is 5.11 Å². The Bertz CT molecular complexity index is 283. The molecule has 1 rings (SSSR count). The maximum atomic E-state index is 11.8. The Morgan fingerprint density at radius 2 is 1.89 bits per heavy atom. The van der Waals surface area contributed by atoms with Crippen LogP contribution in [-0.4, -0.2) is 23.0 Å². The first kappa shape index (κ1) is 15.0. The van der Waals surface area contributed by atoms with Gasteiger partial charge in [0.25, 0.3) is 0 Å². The molecule has 0 aromatic heterocycles. The zero-order chi connectivity index (χ0) is 13.5. The first-order chi connectivity index (χ1) is 8.52. The highest BCUT2D eigenvalue weighted by molar-refractivity contribution is 5.76. The summed E-state index contributed by atoms with van der Waals surface area (Å²) < 4.78 is 0. The van der Waals surface area contributed by atoms with Gasteiger partial charge in [-0.15, -0.1) is 0 Å². The van der Waals surface area contributed by atoms with Crippen LogP contribution >= 0.6 is 0 Å². The summed E-state index contributed by atoms with van der Waals surface area (Å²) in [6, 6.07) is 0.182. The van der Waals surface area contributed by atoms with Crippen molar-refractivity contribution in [3.05, 3.63) is 0 Å². The maximum Gasteiger partial charge on any atom is 0.306 e. The van der Waals surface area contributed by atoms with Crippen LogP contribution in [0.25, 0.3) is 0 Å². The summed E-state index contributed by atoms with van der Waals surface area (Å²) in [5.74, 6) is -0.353. The third-order valence-corrected chi connectivity index (χ3v) is 3.76. The van der Waals surface area contributed by atoms with Crippen LogP contribution in [0.15, 0.2) is 0 Å². The van der Waals surface area contributed by atoms with E-state index in [1.165, 1.54) is 0 Å². The van der Waals surface area contributed by atoms with Crippen molar-refractivity contribution in [1.29, 1.82) is 0 Å². The fourth-order valence-electron chi connectivity index (χ4n) is 2.68. The Balaban J connectivity index is 2.24. The average Bonchev–Trinajstić information content (AvgIpc) is 2.29. The van der Waals surface area contributed by atoms with Crippen LogP contribution in [-0.2, 0) is 9.59 Å². The van der Waals surface area contributed by atoms with Crippen LogP contribution in [0.5, 0.6) is 0 Å². The van der Waals surface area contributed by atoms with E-state index >= 15 is 0 Å². The molecule has 0 saturated heterocycles. The summed E-state index contributed by atoms with van der Waals surface area (Å²) >= 11 is 0. The number of hydrogen-bond donors (Lipinski definition) is 2. The molecule has 1 fully saturated rings. The number of nitrogens with one attached hydrogen (secondary N) is 1. The molecule has 1 atom stereocenters. The molecule has 0 heterocycles. The van der Waals surface area contributed by atoms with Crippen molar-refractivity contribution in [3.8, 4) is 0 Å². The first-order valence-corrected chi connectivity index (χ1v) is 7.05. The van der Waals surface area contributed by atoms with Gasteiger partial charge in [-0.1, -0.05) is 26.7 Å². The van der Waals surface area contributed by atoms with Gasteiger partial charge in [0.05, 0.1) is 5.92 Å². The predicted molar refractivity (Wildman–Crippen MR) is 70.2 cm³/mol. The number of carbonyl (C=O) groups is 2. The molecule has 0 bridgehead atoms. The van der Waals surface area contributed by atoms with Crippen LogP contribution in [0.1, 0.15) is 58.8 Å². The summed E-state index contributed by atoms with van der Waals surface area (Å²) in [6.07, 6.45) is 5.75. The Morgan fingerprint density at radius 3 is 2.39 bits per heavy atom. The summed E-state index contributed by atoms with van der Waals surface area (Å²) in [4.78, 5) is 22.6. The fraction of sp³-hybridized carbons (Fsp3) is 0.857. The van der Waals surface area contributed by atoms with Gasteiger partial charge in [-0.25, -0.2) is 0 Å². The van der Waals surface area contributed by atoms with Crippen molar-refractivity contribution in [1.82, 2.24) is 5.32 Å². The molecule has 1 amide bonds. The number of carboxylic acid groups (broad SMARTS) is 1. The van der Waals surface area contributed by atoms with Gasteiger partial charge in [-0.05, 0) is 31.6 Å². The van der Waals surface area contributed by atoms with E-state index in [9.17, 15) is 9.59 Å².